The lowest BCUT2D eigenvalue weighted by Crippen LogP contribution is -2.07. The number of nitrogens with two attached hydrogens (primary N) is 1. The number of para-hydroxylation sites is 1. The highest BCUT2D eigenvalue weighted by Crippen LogP contribution is 2.27. The van der Waals surface area contributed by atoms with Gasteiger partial charge in [0.15, 0.2) is 0 Å². The highest BCUT2D eigenvalue weighted by molar-refractivity contribution is 6.33. The maximum absolute atomic E-state index is 6.31. The van der Waals surface area contributed by atoms with E-state index in [9.17, 15) is 0 Å². The summed E-state index contributed by atoms with van der Waals surface area (Å²) in [5.41, 5.74) is 10.8. The number of nitrogens with one attached hydrogen (secondary N) is 3. The molecular weight excluding hydrogens is 450 g/mol. The molecule has 0 saturated heterocycles. The number of fused-ring (bicyclic) bond motifs is 1. The summed E-state index contributed by atoms with van der Waals surface area (Å²) >= 11 is 6.31. The standard InChI is InChI=1S/C24H20ClN9/c1-14-12-19(26)17-13-16(6-7-20(17)28-14)30-23-32-22(29-15-8-10-27-11-9-15)33-24(34-23)31-21-5-3-2-4-18(21)25/h2-13H,1H3,(H2,26,28)(H3,27,29,30,31,32,33,34). The Morgan fingerprint density at radius 3 is 2.15 bits per heavy atom. The summed E-state index contributed by atoms with van der Waals surface area (Å²) in [5.74, 6) is 0.995. The van der Waals surface area contributed by atoms with E-state index < -0.39 is 0 Å². The zero-order valence-electron chi connectivity index (χ0n) is 18.1. The van der Waals surface area contributed by atoms with Crippen molar-refractivity contribution in [2.45, 2.75) is 6.92 Å². The summed E-state index contributed by atoms with van der Waals surface area (Å²) in [5, 5.41) is 10.9. The fourth-order valence-corrected chi connectivity index (χ4v) is 3.57. The molecule has 0 saturated carbocycles. The molecule has 34 heavy (non-hydrogen) atoms. The van der Waals surface area contributed by atoms with E-state index in [4.69, 9.17) is 17.3 Å². The van der Waals surface area contributed by atoms with Crippen LogP contribution in [0.4, 0.5) is 40.6 Å². The molecule has 5 rings (SSSR count). The topological polar surface area (TPSA) is 127 Å². The smallest absolute Gasteiger partial charge is 0.233 e. The van der Waals surface area contributed by atoms with Gasteiger partial charge in [0.25, 0.3) is 0 Å². The van der Waals surface area contributed by atoms with Crippen molar-refractivity contribution in [1.82, 2.24) is 24.9 Å². The molecule has 0 radical (unpaired) electrons. The number of anilines is 7. The second-order valence-electron chi connectivity index (χ2n) is 7.48. The minimum absolute atomic E-state index is 0.319. The van der Waals surface area contributed by atoms with Crippen molar-refractivity contribution in [3.05, 3.63) is 83.8 Å². The Morgan fingerprint density at radius 2 is 1.41 bits per heavy atom. The average Bonchev–Trinajstić information content (AvgIpc) is 2.81. The Labute approximate surface area is 200 Å². The molecule has 10 heteroatoms. The quantitative estimate of drug-likeness (QED) is 0.251. The lowest BCUT2D eigenvalue weighted by Gasteiger charge is -2.13. The fourth-order valence-electron chi connectivity index (χ4n) is 3.39. The van der Waals surface area contributed by atoms with E-state index in [1.54, 1.807) is 18.5 Å². The van der Waals surface area contributed by atoms with Gasteiger partial charge in [-0.2, -0.15) is 15.0 Å². The highest BCUT2D eigenvalue weighted by atomic mass is 35.5. The van der Waals surface area contributed by atoms with Crippen molar-refractivity contribution in [1.29, 1.82) is 0 Å². The van der Waals surface area contributed by atoms with Crippen molar-refractivity contribution in [3.63, 3.8) is 0 Å². The molecule has 2 aromatic carbocycles. The maximum atomic E-state index is 6.31. The Balaban J connectivity index is 1.50. The number of nitrogen functional groups attached to an aromatic ring is 1. The van der Waals surface area contributed by atoms with Gasteiger partial charge in [-0.15, -0.1) is 0 Å². The van der Waals surface area contributed by atoms with E-state index in [0.717, 1.165) is 28.0 Å². The van der Waals surface area contributed by atoms with E-state index >= 15 is 0 Å². The number of hydrogen-bond donors (Lipinski definition) is 4. The summed E-state index contributed by atoms with van der Waals surface area (Å²) in [6.07, 6.45) is 3.36. The normalized spacial score (nSPS) is 10.8. The minimum atomic E-state index is 0.319. The highest BCUT2D eigenvalue weighted by Gasteiger charge is 2.11. The molecule has 0 unspecified atom stereocenters. The lowest BCUT2D eigenvalue weighted by molar-refractivity contribution is 1.06. The number of rotatable bonds is 6. The molecule has 0 spiro atoms. The van der Waals surface area contributed by atoms with Crippen LogP contribution in [0.3, 0.4) is 0 Å². The second kappa shape index (κ2) is 9.16. The second-order valence-corrected chi connectivity index (χ2v) is 7.89. The van der Waals surface area contributed by atoms with Crippen LogP contribution in [0.2, 0.25) is 5.02 Å². The molecule has 0 aliphatic carbocycles. The number of aromatic nitrogens is 5. The molecule has 3 heterocycles. The van der Waals surface area contributed by atoms with Gasteiger partial charge in [-0.25, -0.2) is 0 Å². The molecule has 0 fully saturated rings. The van der Waals surface area contributed by atoms with Crippen molar-refractivity contribution >= 4 is 63.1 Å². The Hall–Kier alpha value is -4.50. The van der Waals surface area contributed by atoms with Crippen LogP contribution in [0.25, 0.3) is 10.9 Å². The van der Waals surface area contributed by atoms with Gasteiger partial charge in [0.1, 0.15) is 0 Å². The first kappa shape index (κ1) is 21.4. The van der Waals surface area contributed by atoms with Gasteiger partial charge in [-0.1, -0.05) is 23.7 Å². The Morgan fingerprint density at radius 1 is 0.735 bits per heavy atom. The predicted molar refractivity (Wildman–Crippen MR) is 136 cm³/mol. The van der Waals surface area contributed by atoms with Crippen molar-refractivity contribution in [3.8, 4) is 0 Å². The van der Waals surface area contributed by atoms with Crippen molar-refractivity contribution in [2.24, 2.45) is 0 Å². The third kappa shape index (κ3) is 4.79. The fraction of sp³-hybridized carbons (Fsp3) is 0.0417. The van der Waals surface area contributed by atoms with Crippen molar-refractivity contribution < 1.29 is 0 Å². The Bertz CT molecular complexity index is 1470. The summed E-state index contributed by atoms with van der Waals surface area (Å²) in [6.45, 7) is 1.91. The van der Waals surface area contributed by atoms with Gasteiger partial charge in [0.05, 0.1) is 16.2 Å². The number of halogens is 1. The molecule has 9 nitrogen and oxygen atoms in total. The molecule has 0 aliphatic rings. The molecule has 0 atom stereocenters. The van der Waals surface area contributed by atoms with Crippen LogP contribution in [0.15, 0.2) is 73.1 Å². The van der Waals surface area contributed by atoms with Gasteiger partial charge in [0, 0.05) is 40.5 Å². The first-order valence-electron chi connectivity index (χ1n) is 10.4. The van der Waals surface area contributed by atoms with Crippen LogP contribution in [0.5, 0.6) is 0 Å². The van der Waals surface area contributed by atoms with Crippen LogP contribution in [-0.4, -0.2) is 24.9 Å². The number of pyridine rings is 2. The molecule has 168 valence electrons. The third-order valence-electron chi connectivity index (χ3n) is 4.92. The molecular formula is C24H20ClN9. The maximum Gasteiger partial charge on any atom is 0.233 e. The summed E-state index contributed by atoms with van der Waals surface area (Å²) in [6, 6.07) is 18.6. The Kier molecular flexibility index (Phi) is 5.75. The monoisotopic (exact) mass is 469 g/mol. The number of hydrogen-bond acceptors (Lipinski definition) is 9. The molecule has 0 amide bonds. The molecule has 0 aliphatic heterocycles. The average molecular weight is 470 g/mol. The van der Waals surface area contributed by atoms with Gasteiger partial charge in [0.2, 0.25) is 17.8 Å². The number of benzene rings is 2. The van der Waals surface area contributed by atoms with Gasteiger partial charge >= 0.3 is 0 Å². The van der Waals surface area contributed by atoms with E-state index in [1.165, 1.54) is 0 Å². The molecule has 3 aromatic heterocycles. The van der Waals surface area contributed by atoms with Crippen LogP contribution in [0, 0.1) is 6.92 Å². The SMILES string of the molecule is Cc1cc(N)c2cc(Nc3nc(Nc4ccncc4)nc(Nc4ccccc4Cl)n3)ccc2n1. The molecule has 5 N–H and O–H groups in total. The van der Waals surface area contributed by atoms with E-state index in [0.29, 0.717) is 34.2 Å². The third-order valence-corrected chi connectivity index (χ3v) is 5.25. The van der Waals surface area contributed by atoms with Crippen LogP contribution in [0.1, 0.15) is 5.69 Å². The lowest BCUT2D eigenvalue weighted by atomic mass is 10.1. The molecule has 0 bridgehead atoms. The van der Waals surface area contributed by atoms with Crippen LogP contribution < -0.4 is 21.7 Å². The van der Waals surface area contributed by atoms with Gasteiger partial charge in [-0.3, -0.25) is 9.97 Å². The van der Waals surface area contributed by atoms with Gasteiger partial charge < -0.3 is 21.7 Å². The largest absolute Gasteiger partial charge is 0.398 e. The van der Waals surface area contributed by atoms with E-state index in [2.05, 4.69) is 40.9 Å². The first-order valence-corrected chi connectivity index (χ1v) is 10.8. The van der Waals surface area contributed by atoms with Crippen LogP contribution in [-0.2, 0) is 0 Å². The van der Waals surface area contributed by atoms with Gasteiger partial charge in [-0.05, 0) is 55.5 Å². The van der Waals surface area contributed by atoms with E-state index in [1.807, 2.05) is 61.5 Å². The summed E-state index contributed by atoms with van der Waals surface area (Å²) in [4.78, 5) is 22.1. The van der Waals surface area contributed by atoms with Crippen molar-refractivity contribution in [2.75, 3.05) is 21.7 Å². The molecule has 5 aromatic rings. The summed E-state index contributed by atoms with van der Waals surface area (Å²) in [7, 11) is 0. The number of aryl methyl sites for hydroxylation is 1. The summed E-state index contributed by atoms with van der Waals surface area (Å²) < 4.78 is 0. The van der Waals surface area contributed by atoms with E-state index in [-0.39, 0.29) is 0 Å². The first-order chi connectivity index (χ1) is 16.5. The zero-order valence-corrected chi connectivity index (χ0v) is 18.9. The zero-order chi connectivity index (χ0) is 23.5. The minimum Gasteiger partial charge on any atom is -0.398 e. The predicted octanol–water partition coefficient (Wildman–Crippen LogP) is 5.59. The van der Waals surface area contributed by atoms with Crippen LogP contribution >= 0.6 is 11.6 Å². The number of nitrogens with zero attached hydrogens (tertiary/aromatic N) is 5.